The Morgan fingerprint density at radius 2 is 2.00 bits per heavy atom. The van der Waals surface area contributed by atoms with Gasteiger partial charge in [0.25, 0.3) is 0 Å². The van der Waals surface area contributed by atoms with Gasteiger partial charge in [0.15, 0.2) is 0 Å². The van der Waals surface area contributed by atoms with Gasteiger partial charge in [-0.25, -0.2) is 0 Å². The molecule has 5 rings (SSSR count). The summed E-state index contributed by atoms with van der Waals surface area (Å²) in [6.07, 6.45) is 10.1. The molecule has 34 heavy (non-hydrogen) atoms. The summed E-state index contributed by atoms with van der Waals surface area (Å²) in [5, 5.41) is 8.13. The van der Waals surface area contributed by atoms with Crippen LogP contribution in [0.5, 0.6) is 0 Å². The van der Waals surface area contributed by atoms with Crippen LogP contribution >= 0.6 is 0 Å². The molecule has 5 fully saturated rings. The number of ether oxygens (including phenoxy) is 1. The third-order valence-corrected chi connectivity index (χ3v) is 10.7. The summed E-state index contributed by atoms with van der Waals surface area (Å²) in [5.41, 5.74) is 4.25. The fraction of sp³-hybridized carbons (Fsp3) is 0.793. The van der Waals surface area contributed by atoms with Crippen molar-refractivity contribution in [3.63, 3.8) is 0 Å². The molecule has 1 saturated heterocycles. The van der Waals surface area contributed by atoms with E-state index < -0.39 is 0 Å². The first-order valence-corrected chi connectivity index (χ1v) is 13.7. The number of fused-ring (bicyclic) bond motifs is 5. The Kier molecular flexibility index (Phi) is 6.46. The Balaban J connectivity index is 1.48. The lowest BCUT2D eigenvalue weighted by molar-refractivity contribution is -0.158. The Morgan fingerprint density at radius 1 is 1.18 bits per heavy atom. The Bertz CT molecular complexity index is 875. The van der Waals surface area contributed by atoms with E-state index in [0.717, 1.165) is 45.2 Å². The van der Waals surface area contributed by atoms with E-state index in [1.807, 2.05) is 0 Å². The molecule has 188 valence electrons. The molecule has 5 aliphatic rings. The molecule has 5 nitrogen and oxygen atoms in total. The van der Waals surface area contributed by atoms with Gasteiger partial charge in [-0.15, -0.1) is 0 Å². The minimum absolute atomic E-state index is 0.0362. The highest BCUT2D eigenvalue weighted by atomic mass is 16.6. The van der Waals surface area contributed by atoms with Crippen LogP contribution in [-0.4, -0.2) is 37.5 Å². The lowest BCUT2D eigenvalue weighted by Crippen LogP contribution is -2.59. The minimum Gasteiger partial charge on any atom is -0.465 e. The molecule has 0 amide bonds. The molecule has 5 heteroatoms. The molecular weight excluding hydrogens is 424 g/mol. The molecule has 5 unspecified atom stereocenters. The Labute approximate surface area is 205 Å². The topological polar surface area (TPSA) is 59.9 Å². The van der Waals surface area contributed by atoms with Crippen molar-refractivity contribution < 1.29 is 14.4 Å². The van der Waals surface area contributed by atoms with Crippen LogP contribution in [0.2, 0.25) is 0 Å². The minimum atomic E-state index is -0.166. The number of hydrogen-bond acceptors (Lipinski definition) is 5. The Hall–Kier alpha value is -1.62. The van der Waals surface area contributed by atoms with Crippen molar-refractivity contribution in [3.05, 3.63) is 24.3 Å². The van der Waals surface area contributed by atoms with E-state index in [9.17, 15) is 4.79 Å². The number of carbonyl (C=O) groups excluding carboxylic acids is 1. The maximum Gasteiger partial charge on any atom is 0.302 e. The Morgan fingerprint density at radius 3 is 2.71 bits per heavy atom. The van der Waals surface area contributed by atoms with Crippen molar-refractivity contribution in [2.45, 2.75) is 84.7 Å². The third kappa shape index (κ3) is 3.77. The maximum absolute atomic E-state index is 12.0. The summed E-state index contributed by atoms with van der Waals surface area (Å²) in [7, 11) is 0. The number of hydrogen-bond donors (Lipinski definition) is 1. The number of oxime groups is 1. The summed E-state index contributed by atoms with van der Waals surface area (Å²) >= 11 is 0. The predicted molar refractivity (Wildman–Crippen MR) is 135 cm³/mol. The maximum atomic E-state index is 12.0. The van der Waals surface area contributed by atoms with Gasteiger partial charge in [0.2, 0.25) is 0 Å². The second-order valence-corrected chi connectivity index (χ2v) is 12.1. The molecule has 1 aliphatic heterocycles. The summed E-state index contributed by atoms with van der Waals surface area (Å²) in [4.78, 5) is 18.0. The van der Waals surface area contributed by atoms with Crippen LogP contribution in [0, 0.1) is 40.4 Å². The average Bonchev–Trinajstić information content (AvgIpc) is 3.44. The zero-order chi connectivity index (χ0) is 24.1. The molecule has 4 saturated carbocycles. The monoisotopic (exact) mass is 468 g/mol. The first kappa shape index (κ1) is 24.1. The molecule has 4 aliphatic carbocycles. The smallest absolute Gasteiger partial charge is 0.302 e. The van der Waals surface area contributed by atoms with Gasteiger partial charge in [-0.3, -0.25) is 4.79 Å². The molecule has 0 aromatic rings. The van der Waals surface area contributed by atoms with Crippen LogP contribution < -0.4 is 5.32 Å². The van der Waals surface area contributed by atoms with E-state index in [-0.39, 0.29) is 22.9 Å². The SMILES string of the molecule is C=C1CC2C(CC[C@]3(C)C(=C)CCC23)[C@@]2(COC(C)=O)CCC(=NOC3CCNC3)[C@H](CC)C12. The van der Waals surface area contributed by atoms with Gasteiger partial charge in [-0.2, -0.15) is 0 Å². The number of allylic oxidation sites excluding steroid dienone is 2. The highest BCUT2D eigenvalue weighted by Crippen LogP contribution is 2.68. The molecule has 0 bridgehead atoms. The number of nitrogens with one attached hydrogen (secondary N) is 1. The van der Waals surface area contributed by atoms with Crippen LogP contribution in [0.25, 0.3) is 0 Å². The van der Waals surface area contributed by atoms with Crippen LogP contribution in [0.4, 0.5) is 0 Å². The first-order chi connectivity index (χ1) is 16.3. The summed E-state index contributed by atoms with van der Waals surface area (Å²) in [6, 6.07) is 0. The van der Waals surface area contributed by atoms with E-state index in [1.165, 1.54) is 42.5 Å². The molecule has 1 heterocycles. The second-order valence-electron chi connectivity index (χ2n) is 12.1. The zero-order valence-corrected chi connectivity index (χ0v) is 21.5. The van der Waals surface area contributed by atoms with Gasteiger partial charge in [0.1, 0.15) is 6.10 Å². The van der Waals surface area contributed by atoms with Crippen molar-refractivity contribution in [3.8, 4) is 0 Å². The van der Waals surface area contributed by atoms with Gasteiger partial charge >= 0.3 is 5.97 Å². The van der Waals surface area contributed by atoms with E-state index in [4.69, 9.17) is 21.3 Å². The highest BCUT2D eigenvalue weighted by Gasteiger charge is 2.63. The normalized spacial score (nSPS) is 45.0. The van der Waals surface area contributed by atoms with Crippen molar-refractivity contribution in [1.29, 1.82) is 0 Å². The largest absolute Gasteiger partial charge is 0.465 e. The molecule has 0 aromatic heterocycles. The zero-order valence-electron chi connectivity index (χ0n) is 21.5. The number of nitrogens with zero attached hydrogens (tertiary/aromatic N) is 1. The molecule has 1 N–H and O–H groups in total. The summed E-state index contributed by atoms with van der Waals surface area (Å²) < 4.78 is 5.89. The van der Waals surface area contributed by atoms with Crippen LogP contribution in [0.1, 0.15) is 78.6 Å². The molecular formula is C29H44N2O3. The quantitative estimate of drug-likeness (QED) is 0.321. The number of carbonyl (C=O) groups is 1. The van der Waals surface area contributed by atoms with E-state index in [2.05, 4.69) is 25.7 Å². The molecule has 0 aromatic carbocycles. The van der Waals surface area contributed by atoms with Gasteiger partial charge in [0.05, 0.1) is 12.3 Å². The third-order valence-electron chi connectivity index (χ3n) is 10.7. The van der Waals surface area contributed by atoms with Crippen molar-refractivity contribution >= 4 is 11.7 Å². The second kappa shape index (κ2) is 9.11. The van der Waals surface area contributed by atoms with Gasteiger partial charge < -0.3 is 14.9 Å². The van der Waals surface area contributed by atoms with Crippen LogP contribution in [0.15, 0.2) is 29.5 Å². The summed E-state index contributed by atoms with van der Waals surface area (Å²) in [5.74, 6) is 2.33. The number of esters is 1. The molecule has 0 radical (unpaired) electrons. The standard InChI is InChI=1S/C29H44N2O3/c1-6-22-26(31-34-21-11-14-30-16-21)10-13-29(17-33-20(4)32)25-9-12-28(5)19(3)7-8-24(28)23(25)15-18(2)27(22)29/h21-25,27,30H,2-3,6-17H2,1,4-5H3/t21?,22-,23?,24?,25?,27?,28+,29-/m0/s1. The van der Waals surface area contributed by atoms with E-state index >= 15 is 0 Å². The highest BCUT2D eigenvalue weighted by molar-refractivity contribution is 5.88. The van der Waals surface area contributed by atoms with Gasteiger partial charge in [-0.05, 0) is 87.0 Å². The van der Waals surface area contributed by atoms with E-state index in [0.29, 0.717) is 36.2 Å². The van der Waals surface area contributed by atoms with Crippen molar-refractivity contribution in [2.75, 3.05) is 19.7 Å². The lowest BCUT2D eigenvalue weighted by atomic mass is 9.42. The fourth-order valence-corrected chi connectivity index (χ4v) is 8.97. The van der Waals surface area contributed by atoms with E-state index in [1.54, 1.807) is 6.92 Å². The number of rotatable bonds is 5. The van der Waals surface area contributed by atoms with Gasteiger partial charge in [0, 0.05) is 31.2 Å². The molecule has 0 spiro atoms. The first-order valence-electron chi connectivity index (χ1n) is 13.7. The van der Waals surface area contributed by atoms with Gasteiger partial charge in [-0.1, -0.05) is 43.3 Å². The summed E-state index contributed by atoms with van der Waals surface area (Å²) in [6.45, 7) is 17.9. The average molecular weight is 469 g/mol. The van der Waals surface area contributed by atoms with Crippen molar-refractivity contribution in [2.24, 2.45) is 45.6 Å². The molecule has 8 atom stereocenters. The van der Waals surface area contributed by atoms with Crippen LogP contribution in [0.3, 0.4) is 0 Å². The predicted octanol–water partition coefficient (Wildman–Crippen LogP) is 5.67. The van der Waals surface area contributed by atoms with Crippen LogP contribution in [-0.2, 0) is 14.4 Å². The fourth-order valence-electron chi connectivity index (χ4n) is 8.97. The van der Waals surface area contributed by atoms with Crippen molar-refractivity contribution in [1.82, 2.24) is 5.32 Å². The lowest BCUT2D eigenvalue weighted by Gasteiger charge is -2.62.